The molecular weight excluding hydrogens is 436 g/mol. The number of anilines is 2. The average molecular weight is 465 g/mol. The lowest BCUT2D eigenvalue weighted by atomic mass is 10.1. The van der Waals surface area contributed by atoms with Crippen molar-refractivity contribution in [3.8, 4) is 0 Å². The predicted octanol–water partition coefficient (Wildman–Crippen LogP) is 3.66. The van der Waals surface area contributed by atoms with Gasteiger partial charge in [0.05, 0.1) is 16.8 Å². The molecule has 3 aromatic carbocycles. The van der Waals surface area contributed by atoms with Crippen molar-refractivity contribution in [2.45, 2.75) is 18.2 Å². The number of aryl methyl sites for hydroxylation is 1. The molecule has 8 heteroatoms. The second-order valence-corrected chi connectivity index (χ2v) is 9.49. The van der Waals surface area contributed by atoms with Gasteiger partial charge in [-0.05, 0) is 53.9 Å². The summed E-state index contributed by atoms with van der Waals surface area (Å²) < 4.78 is 27.7. The standard InChI is InChI=1S/C25H28N4O3S/c1-4-20-10-16-23(17-11-20)29(33(31,32)24-8-6-5-7-9-24)19-25(30)27-26-18-21-12-14-22(15-13-21)28(2)3/h5-18H,4,19H2,1-3H3,(H,27,30)/b26-18-. The van der Waals surface area contributed by atoms with Gasteiger partial charge >= 0.3 is 0 Å². The molecular formula is C25H28N4O3S. The van der Waals surface area contributed by atoms with Crippen LogP contribution in [0.1, 0.15) is 18.1 Å². The zero-order valence-corrected chi connectivity index (χ0v) is 19.8. The van der Waals surface area contributed by atoms with Crippen molar-refractivity contribution < 1.29 is 13.2 Å². The monoisotopic (exact) mass is 464 g/mol. The summed E-state index contributed by atoms with van der Waals surface area (Å²) in [6, 6.07) is 22.8. The molecule has 0 atom stereocenters. The van der Waals surface area contributed by atoms with E-state index in [0.29, 0.717) is 5.69 Å². The van der Waals surface area contributed by atoms with Crippen LogP contribution in [0.5, 0.6) is 0 Å². The van der Waals surface area contributed by atoms with Crippen molar-refractivity contribution in [2.24, 2.45) is 5.10 Å². The molecule has 0 spiro atoms. The van der Waals surface area contributed by atoms with Gasteiger partial charge in [0.15, 0.2) is 0 Å². The highest BCUT2D eigenvalue weighted by atomic mass is 32.2. The van der Waals surface area contributed by atoms with Crippen molar-refractivity contribution in [2.75, 3.05) is 29.8 Å². The Morgan fingerprint density at radius 3 is 2.09 bits per heavy atom. The molecule has 3 rings (SSSR count). The van der Waals surface area contributed by atoms with Crippen molar-refractivity contribution in [1.82, 2.24) is 5.43 Å². The molecule has 0 aliphatic carbocycles. The van der Waals surface area contributed by atoms with E-state index in [-0.39, 0.29) is 4.90 Å². The Morgan fingerprint density at radius 2 is 1.52 bits per heavy atom. The highest BCUT2D eigenvalue weighted by molar-refractivity contribution is 7.92. The highest BCUT2D eigenvalue weighted by Gasteiger charge is 2.27. The van der Waals surface area contributed by atoms with Gasteiger partial charge in [-0.2, -0.15) is 5.10 Å². The van der Waals surface area contributed by atoms with Crippen LogP contribution in [0.3, 0.4) is 0 Å². The number of hydrazone groups is 1. The minimum Gasteiger partial charge on any atom is -0.378 e. The first-order valence-electron chi connectivity index (χ1n) is 10.6. The fourth-order valence-corrected chi connectivity index (χ4v) is 4.58. The van der Waals surface area contributed by atoms with Crippen LogP contribution in [0.15, 0.2) is 88.9 Å². The number of carbonyl (C=O) groups excluding carboxylic acids is 1. The van der Waals surface area contributed by atoms with Crippen LogP contribution >= 0.6 is 0 Å². The molecule has 7 nitrogen and oxygen atoms in total. The van der Waals surface area contributed by atoms with E-state index in [2.05, 4.69) is 10.5 Å². The number of hydrogen-bond donors (Lipinski definition) is 1. The van der Waals surface area contributed by atoms with Crippen LogP contribution in [0.25, 0.3) is 0 Å². The van der Waals surface area contributed by atoms with E-state index in [1.165, 1.54) is 18.3 Å². The van der Waals surface area contributed by atoms with Crippen molar-refractivity contribution in [3.63, 3.8) is 0 Å². The second kappa shape index (κ2) is 10.8. The molecule has 172 valence electrons. The normalized spacial score (nSPS) is 11.4. The Hall–Kier alpha value is -3.65. The number of benzene rings is 3. The van der Waals surface area contributed by atoms with Gasteiger partial charge < -0.3 is 4.90 Å². The zero-order chi connectivity index (χ0) is 23.8. The number of amides is 1. The molecule has 0 heterocycles. The Balaban J connectivity index is 1.78. The van der Waals surface area contributed by atoms with Gasteiger partial charge in [-0.1, -0.05) is 49.4 Å². The summed E-state index contributed by atoms with van der Waals surface area (Å²) in [6.07, 6.45) is 2.35. The molecule has 0 fully saturated rings. The van der Waals surface area contributed by atoms with Crippen molar-refractivity contribution in [1.29, 1.82) is 0 Å². The summed E-state index contributed by atoms with van der Waals surface area (Å²) in [5, 5.41) is 3.99. The van der Waals surface area contributed by atoms with E-state index >= 15 is 0 Å². The van der Waals surface area contributed by atoms with Crippen molar-refractivity contribution in [3.05, 3.63) is 90.0 Å². The number of nitrogens with zero attached hydrogens (tertiary/aromatic N) is 3. The highest BCUT2D eigenvalue weighted by Crippen LogP contribution is 2.24. The number of hydrogen-bond acceptors (Lipinski definition) is 5. The molecule has 0 saturated heterocycles. The third-order valence-corrected chi connectivity index (χ3v) is 6.85. The minimum absolute atomic E-state index is 0.113. The van der Waals surface area contributed by atoms with Crippen molar-refractivity contribution >= 4 is 33.5 Å². The van der Waals surface area contributed by atoms with Gasteiger partial charge in [0.2, 0.25) is 0 Å². The fraction of sp³-hybridized carbons (Fsp3) is 0.200. The third kappa shape index (κ3) is 6.20. The van der Waals surface area contributed by atoms with Gasteiger partial charge in [0.25, 0.3) is 15.9 Å². The molecule has 0 aliphatic rings. The Morgan fingerprint density at radius 1 is 0.909 bits per heavy atom. The number of rotatable bonds is 9. The molecule has 0 unspecified atom stereocenters. The predicted molar refractivity (Wildman–Crippen MR) is 133 cm³/mol. The molecule has 0 aliphatic heterocycles. The molecule has 3 aromatic rings. The zero-order valence-electron chi connectivity index (χ0n) is 19.0. The maximum atomic E-state index is 13.3. The second-order valence-electron chi connectivity index (χ2n) is 7.62. The first-order chi connectivity index (χ1) is 15.8. The van der Waals surface area contributed by atoms with E-state index in [0.717, 1.165) is 27.5 Å². The summed E-state index contributed by atoms with van der Waals surface area (Å²) in [5.41, 5.74) is 5.77. The Bertz CT molecular complexity index is 1190. The maximum absolute atomic E-state index is 13.3. The Labute approximate surface area is 195 Å². The van der Waals surface area contributed by atoms with Crippen LogP contribution in [0.2, 0.25) is 0 Å². The quantitative estimate of drug-likeness (QED) is 0.387. The summed E-state index contributed by atoms with van der Waals surface area (Å²) in [7, 11) is -0.0374. The van der Waals surface area contributed by atoms with Crippen LogP contribution < -0.4 is 14.6 Å². The lowest BCUT2D eigenvalue weighted by molar-refractivity contribution is -0.119. The van der Waals surface area contributed by atoms with E-state index in [1.807, 2.05) is 62.3 Å². The molecule has 1 amide bonds. The maximum Gasteiger partial charge on any atom is 0.264 e. The number of carbonyl (C=O) groups is 1. The van der Waals surface area contributed by atoms with Gasteiger partial charge in [-0.25, -0.2) is 13.8 Å². The van der Waals surface area contributed by atoms with E-state index in [9.17, 15) is 13.2 Å². The molecule has 1 N–H and O–H groups in total. The van der Waals surface area contributed by atoms with Gasteiger partial charge in [-0.15, -0.1) is 0 Å². The van der Waals surface area contributed by atoms with E-state index < -0.39 is 22.5 Å². The SMILES string of the molecule is CCc1ccc(N(CC(=O)N/N=C\c2ccc(N(C)C)cc2)S(=O)(=O)c2ccccc2)cc1. The minimum atomic E-state index is -3.94. The van der Waals surface area contributed by atoms with Crippen LogP contribution in [0.4, 0.5) is 11.4 Å². The molecule has 0 radical (unpaired) electrons. The first kappa shape index (κ1) is 24.0. The fourth-order valence-electron chi connectivity index (χ4n) is 3.14. The van der Waals surface area contributed by atoms with E-state index in [4.69, 9.17) is 0 Å². The molecule has 0 saturated carbocycles. The van der Waals surface area contributed by atoms with Crippen LogP contribution in [-0.4, -0.2) is 41.2 Å². The largest absolute Gasteiger partial charge is 0.378 e. The molecule has 0 aromatic heterocycles. The van der Waals surface area contributed by atoms with Crippen LogP contribution in [-0.2, 0) is 21.2 Å². The molecule has 0 bridgehead atoms. The summed E-state index contributed by atoms with van der Waals surface area (Å²) in [5.74, 6) is -0.546. The average Bonchev–Trinajstić information content (AvgIpc) is 2.83. The summed E-state index contributed by atoms with van der Waals surface area (Å²) >= 11 is 0. The van der Waals surface area contributed by atoms with Gasteiger partial charge in [-0.3, -0.25) is 9.10 Å². The van der Waals surface area contributed by atoms with Gasteiger partial charge in [0.1, 0.15) is 6.54 Å². The van der Waals surface area contributed by atoms with Crippen LogP contribution in [0, 0.1) is 0 Å². The summed E-state index contributed by atoms with van der Waals surface area (Å²) in [6.45, 7) is 1.62. The topological polar surface area (TPSA) is 82.1 Å². The van der Waals surface area contributed by atoms with E-state index in [1.54, 1.807) is 30.3 Å². The number of nitrogens with one attached hydrogen (secondary N) is 1. The smallest absolute Gasteiger partial charge is 0.264 e. The van der Waals surface area contributed by atoms with Gasteiger partial charge in [0, 0.05) is 19.8 Å². The third-order valence-electron chi connectivity index (χ3n) is 5.06. The number of sulfonamides is 1. The lowest BCUT2D eigenvalue weighted by Crippen LogP contribution is -2.39. The Kier molecular flexibility index (Phi) is 7.84. The first-order valence-corrected chi connectivity index (χ1v) is 12.0. The molecule has 33 heavy (non-hydrogen) atoms. The lowest BCUT2D eigenvalue weighted by Gasteiger charge is -2.24. The summed E-state index contributed by atoms with van der Waals surface area (Å²) in [4.78, 5) is 14.7.